The average molecular weight is 348 g/mol. The quantitative estimate of drug-likeness (QED) is 0.491. The van der Waals surface area contributed by atoms with E-state index in [0.29, 0.717) is 0 Å². The lowest BCUT2D eigenvalue weighted by molar-refractivity contribution is -0.197. The van der Waals surface area contributed by atoms with E-state index < -0.39 is 0 Å². The molecule has 2 aliphatic heterocycles. The van der Waals surface area contributed by atoms with Gasteiger partial charge in [0.1, 0.15) is 6.10 Å². The predicted molar refractivity (Wildman–Crippen MR) is 79.8 cm³/mol. The molecule has 0 aromatic heterocycles. The summed E-state index contributed by atoms with van der Waals surface area (Å²) < 4.78 is 6.05. The molecule has 1 saturated carbocycles. The van der Waals surface area contributed by atoms with Gasteiger partial charge < -0.3 is 4.74 Å². The van der Waals surface area contributed by atoms with E-state index in [9.17, 15) is 4.79 Å². The fourth-order valence-electron chi connectivity index (χ4n) is 4.33. The monoisotopic (exact) mass is 346 g/mol. The maximum Gasteiger partial charge on any atom is 0.172 e. The molecule has 0 aromatic rings. The third-order valence-electron chi connectivity index (χ3n) is 5.69. The summed E-state index contributed by atoms with van der Waals surface area (Å²) in [7, 11) is 0. The molecule has 4 rings (SSSR count). The van der Waals surface area contributed by atoms with Gasteiger partial charge in [0.15, 0.2) is 5.78 Å². The van der Waals surface area contributed by atoms with E-state index in [0.717, 1.165) is 12.8 Å². The highest BCUT2D eigenvalue weighted by atomic mass is 79.9. The van der Waals surface area contributed by atoms with Crippen LogP contribution in [0, 0.1) is 10.8 Å². The molecule has 2 nitrogen and oxygen atoms in total. The van der Waals surface area contributed by atoms with E-state index in [4.69, 9.17) is 16.3 Å². The van der Waals surface area contributed by atoms with Crippen LogP contribution in [0.2, 0.25) is 0 Å². The number of halogens is 2. The summed E-state index contributed by atoms with van der Waals surface area (Å²) in [5.41, 5.74) is 0.718. The van der Waals surface area contributed by atoms with Gasteiger partial charge in [0.05, 0.1) is 11.0 Å². The Hall–Kier alpha value is 0.140. The van der Waals surface area contributed by atoms with Crippen molar-refractivity contribution in [2.75, 3.05) is 0 Å². The fourth-order valence-corrected chi connectivity index (χ4v) is 5.24. The Kier molecular flexibility index (Phi) is 2.87. The summed E-state index contributed by atoms with van der Waals surface area (Å²) in [5, 5.41) is 0. The summed E-state index contributed by atoms with van der Waals surface area (Å²) in [6, 6.07) is 0. The van der Waals surface area contributed by atoms with Crippen LogP contribution in [-0.4, -0.2) is 27.7 Å². The molecule has 106 valence electrons. The second-order valence-electron chi connectivity index (χ2n) is 7.01. The molecular formula is C15H20BrClO2. The average Bonchev–Trinajstić information content (AvgIpc) is 2.27. The SMILES string of the molecule is CC1=C[C@@H]2O[C@H]3C[C@](C)(Cl)[C@@H](Br)C[C@]13C(C)(C)C2=O. The van der Waals surface area contributed by atoms with Crippen molar-refractivity contribution >= 4 is 33.3 Å². The number of ether oxygens (including phenoxy) is 1. The molecule has 4 aliphatic rings. The minimum absolute atomic E-state index is 0.0477. The van der Waals surface area contributed by atoms with E-state index in [-0.39, 0.29) is 38.5 Å². The van der Waals surface area contributed by atoms with E-state index >= 15 is 0 Å². The van der Waals surface area contributed by atoms with Crippen molar-refractivity contribution in [2.24, 2.45) is 10.8 Å². The van der Waals surface area contributed by atoms with Gasteiger partial charge >= 0.3 is 0 Å². The number of hydrogen-bond donors (Lipinski definition) is 0. The van der Waals surface area contributed by atoms with Crippen molar-refractivity contribution in [2.45, 2.75) is 62.4 Å². The van der Waals surface area contributed by atoms with Crippen LogP contribution in [0.3, 0.4) is 0 Å². The summed E-state index contributed by atoms with van der Waals surface area (Å²) in [6.07, 6.45) is 3.32. The van der Waals surface area contributed by atoms with Crippen molar-refractivity contribution in [1.82, 2.24) is 0 Å². The molecule has 0 N–H and O–H groups in total. The number of fused-ring (bicyclic) bond motifs is 1. The second kappa shape index (κ2) is 3.86. The first-order valence-corrected chi connectivity index (χ1v) is 8.14. The maximum absolute atomic E-state index is 12.6. The van der Waals surface area contributed by atoms with Crippen LogP contribution in [0.5, 0.6) is 0 Å². The molecule has 1 spiro atoms. The van der Waals surface area contributed by atoms with E-state index in [1.165, 1.54) is 5.57 Å². The molecule has 2 bridgehead atoms. The van der Waals surface area contributed by atoms with Crippen LogP contribution >= 0.6 is 27.5 Å². The first-order valence-electron chi connectivity index (χ1n) is 6.84. The van der Waals surface area contributed by atoms with Gasteiger partial charge in [0.25, 0.3) is 0 Å². The van der Waals surface area contributed by atoms with Crippen LogP contribution in [0.15, 0.2) is 11.6 Å². The summed E-state index contributed by atoms with van der Waals surface area (Å²) in [6.45, 7) is 8.35. The summed E-state index contributed by atoms with van der Waals surface area (Å²) in [5.74, 6) is 0.215. The van der Waals surface area contributed by atoms with Gasteiger partial charge in [-0.3, -0.25) is 4.79 Å². The molecule has 0 amide bonds. The summed E-state index contributed by atoms with van der Waals surface area (Å²) >= 11 is 10.4. The van der Waals surface area contributed by atoms with Gasteiger partial charge in [0.2, 0.25) is 0 Å². The Morgan fingerprint density at radius 2 is 2.00 bits per heavy atom. The van der Waals surface area contributed by atoms with Gasteiger partial charge in [-0.2, -0.15) is 0 Å². The Morgan fingerprint density at radius 1 is 1.37 bits per heavy atom. The molecule has 5 atom stereocenters. The first-order chi connectivity index (χ1) is 8.63. The zero-order valence-corrected chi connectivity index (χ0v) is 14.1. The Balaban J connectivity index is 2.15. The van der Waals surface area contributed by atoms with Gasteiger partial charge in [0, 0.05) is 15.7 Å². The third kappa shape index (κ3) is 1.55. The highest BCUT2D eigenvalue weighted by Crippen LogP contribution is 2.64. The zero-order valence-electron chi connectivity index (χ0n) is 11.8. The minimum atomic E-state index is -0.376. The minimum Gasteiger partial charge on any atom is -0.362 e. The van der Waals surface area contributed by atoms with Crippen LogP contribution in [0.1, 0.15) is 40.5 Å². The topological polar surface area (TPSA) is 26.3 Å². The molecule has 19 heavy (non-hydrogen) atoms. The van der Waals surface area contributed by atoms with Crippen molar-refractivity contribution in [1.29, 1.82) is 0 Å². The first kappa shape index (κ1) is 14.1. The fraction of sp³-hybridized carbons (Fsp3) is 0.800. The second-order valence-corrected chi connectivity index (χ2v) is 8.98. The third-order valence-corrected chi connectivity index (χ3v) is 7.71. The van der Waals surface area contributed by atoms with Gasteiger partial charge in [-0.1, -0.05) is 35.4 Å². The molecule has 1 saturated heterocycles. The maximum atomic E-state index is 12.6. The van der Waals surface area contributed by atoms with E-state index in [2.05, 4.69) is 43.6 Å². The lowest BCUT2D eigenvalue weighted by atomic mass is 9.47. The number of alkyl halides is 2. The van der Waals surface area contributed by atoms with Crippen molar-refractivity contribution in [3.8, 4) is 0 Å². The van der Waals surface area contributed by atoms with Crippen LogP contribution < -0.4 is 0 Å². The molecule has 0 unspecified atom stereocenters. The smallest absolute Gasteiger partial charge is 0.172 e. The van der Waals surface area contributed by atoms with Gasteiger partial charge in [-0.25, -0.2) is 0 Å². The molecule has 2 aliphatic carbocycles. The number of rotatable bonds is 0. The number of carbonyl (C=O) groups excluding carboxylic acids is 1. The number of ketones is 1. The van der Waals surface area contributed by atoms with Gasteiger partial charge in [-0.15, -0.1) is 11.6 Å². The molecule has 4 heteroatoms. The molecule has 0 radical (unpaired) electrons. The Morgan fingerprint density at radius 3 is 2.63 bits per heavy atom. The lowest BCUT2D eigenvalue weighted by Crippen LogP contribution is -2.68. The van der Waals surface area contributed by atoms with E-state index in [1.807, 2.05) is 6.08 Å². The Labute approximate surface area is 128 Å². The number of carbonyl (C=O) groups is 1. The van der Waals surface area contributed by atoms with Crippen LogP contribution in [0.4, 0.5) is 0 Å². The normalized spacial score (nSPS) is 51.8. The Bertz CT molecular complexity index is 483. The molecule has 0 aromatic carbocycles. The lowest BCUT2D eigenvalue weighted by Gasteiger charge is -2.63. The largest absolute Gasteiger partial charge is 0.362 e. The van der Waals surface area contributed by atoms with Gasteiger partial charge in [-0.05, 0) is 32.8 Å². The highest BCUT2D eigenvalue weighted by Gasteiger charge is 2.67. The molecule has 2 fully saturated rings. The van der Waals surface area contributed by atoms with Crippen LogP contribution in [0.25, 0.3) is 0 Å². The van der Waals surface area contributed by atoms with E-state index in [1.54, 1.807) is 0 Å². The standard InChI is InChI=1S/C15H20BrClO2/c1-8-5-9-12(18)13(2,3)15(8)6-10(16)14(4,17)7-11(15)19-9/h5,9-11H,6-7H2,1-4H3/t9-,10-,11-,14-,15-/m0/s1. The van der Waals surface area contributed by atoms with Crippen molar-refractivity contribution in [3.05, 3.63) is 11.6 Å². The number of hydrogen-bond acceptors (Lipinski definition) is 2. The van der Waals surface area contributed by atoms with Crippen LogP contribution in [-0.2, 0) is 9.53 Å². The van der Waals surface area contributed by atoms with Crippen molar-refractivity contribution in [3.63, 3.8) is 0 Å². The molecular weight excluding hydrogens is 328 g/mol. The zero-order chi connectivity index (χ0) is 14.2. The van der Waals surface area contributed by atoms with Crippen molar-refractivity contribution < 1.29 is 9.53 Å². The predicted octanol–water partition coefficient (Wildman–Crippen LogP) is 3.85. The highest BCUT2D eigenvalue weighted by molar-refractivity contribution is 9.09. The number of Topliss-reactive ketones (excluding diaryl/α,β-unsaturated/α-hetero) is 1. The summed E-state index contributed by atoms with van der Waals surface area (Å²) in [4.78, 5) is 12.4. The molecule has 2 heterocycles.